The van der Waals surface area contributed by atoms with Crippen LogP contribution in [0.4, 0.5) is 11.5 Å². The van der Waals surface area contributed by atoms with Gasteiger partial charge in [-0.05, 0) is 31.0 Å². The number of sulfonamides is 1. The molecule has 0 spiro atoms. The minimum absolute atomic E-state index is 0.0490. The van der Waals surface area contributed by atoms with Gasteiger partial charge in [0.15, 0.2) is 11.4 Å². The summed E-state index contributed by atoms with van der Waals surface area (Å²) in [6.45, 7) is 2.54. The number of nitrogens with zero attached hydrogens (tertiary/aromatic N) is 3. The molecule has 1 aromatic carbocycles. The van der Waals surface area contributed by atoms with Gasteiger partial charge in [-0.25, -0.2) is 17.9 Å². The SMILES string of the molecule is O=c1[nH]c2cc(S(=O)(=O)NCCNc3cc(N4CCCC4)cnn3)ccc2o1. The maximum absolute atomic E-state index is 12.4. The van der Waals surface area contributed by atoms with Gasteiger partial charge in [0.2, 0.25) is 10.0 Å². The van der Waals surface area contributed by atoms with Crippen molar-refractivity contribution < 1.29 is 12.8 Å². The summed E-state index contributed by atoms with van der Waals surface area (Å²) in [5.41, 5.74) is 1.65. The summed E-state index contributed by atoms with van der Waals surface area (Å²) in [6, 6.07) is 6.11. The summed E-state index contributed by atoms with van der Waals surface area (Å²) in [6.07, 6.45) is 4.08. The van der Waals surface area contributed by atoms with Gasteiger partial charge in [-0.1, -0.05) is 0 Å². The van der Waals surface area contributed by atoms with Gasteiger partial charge in [-0.15, -0.1) is 5.10 Å². The molecule has 3 N–H and O–H groups in total. The van der Waals surface area contributed by atoms with Crippen LogP contribution >= 0.6 is 0 Å². The molecule has 0 radical (unpaired) electrons. The molecule has 0 saturated carbocycles. The van der Waals surface area contributed by atoms with Gasteiger partial charge in [-0.2, -0.15) is 5.10 Å². The zero-order chi connectivity index (χ0) is 19.6. The Morgan fingerprint density at radius 3 is 2.82 bits per heavy atom. The number of oxazole rings is 1. The number of hydrogen-bond donors (Lipinski definition) is 3. The molecule has 3 heterocycles. The highest BCUT2D eigenvalue weighted by atomic mass is 32.2. The van der Waals surface area contributed by atoms with E-state index in [1.807, 2.05) is 6.07 Å². The fraction of sp³-hybridized carbons (Fsp3) is 0.353. The van der Waals surface area contributed by atoms with Crippen molar-refractivity contribution in [3.63, 3.8) is 0 Å². The Balaban J connectivity index is 1.35. The zero-order valence-corrected chi connectivity index (χ0v) is 15.8. The van der Waals surface area contributed by atoms with E-state index in [4.69, 9.17) is 4.42 Å². The number of aromatic nitrogens is 3. The maximum atomic E-state index is 12.4. The summed E-state index contributed by atoms with van der Waals surface area (Å²) < 4.78 is 32.2. The molecule has 0 atom stereocenters. The van der Waals surface area contributed by atoms with E-state index in [2.05, 4.69) is 30.1 Å². The van der Waals surface area contributed by atoms with Crippen LogP contribution in [0.2, 0.25) is 0 Å². The van der Waals surface area contributed by atoms with Crippen LogP contribution in [0.3, 0.4) is 0 Å². The average molecular weight is 404 g/mol. The third-order valence-electron chi connectivity index (χ3n) is 4.54. The minimum atomic E-state index is -3.72. The van der Waals surface area contributed by atoms with Crippen molar-refractivity contribution in [1.29, 1.82) is 0 Å². The molecular weight excluding hydrogens is 384 g/mol. The summed E-state index contributed by atoms with van der Waals surface area (Å²) in [5, 5.41) is 11.1. The second-order valence-electron chi connectivity index (χ2n) is 6.49. The van der Waals surface area contributed by atoms with Crippen molar-refractivity contribution in [2.24, 2.45) is 0 Å². The predicted octanol–water partition coefficient (Wildman–Crippen LogP) is 0.902. The molecule has 1 aliphatic heterocycles. The van der Waals surface area contributed by atoms with Crippen molar-refractivity contribution in [1.82, 2.24) is 19.9 Å². The fourth-order valence-corrected chi connectivity index (χ4v) is 4.21. The van der Waals surface area contributed by atoms with E-state index < -0.39 is 15.8 Å². The Kier molecular flexibility index (Phi) is 5.01. The number of H-pyrrole nitrogens is 1. The van der Waals surface area contributed by atoms with E-state index in [-0.39, 0.29) is 11.4 Å². The first-order valence-electron chi connectivity index (χ1n) is 8.95. The van der Waals surface area contributed by atoms with Crippen LogP contribution < -0.4 is 20.7 Å². The number of aromatic amines is 1. The lowest BCUT2D eigenvalue weighted by atomic mass is 10.3. The van der Waals surface area contributed by atoms with Crippen LogP contribution in [0, 0.1) is 0 Å². The monoisotopic (exact) mass is 404 g/mol. The standard InChI is InChI=1S/C17H20N6O4S/c24-17-21-14-10-13(3-4-15(14)27-17)28(25,26)20-6-5-18-16-9-12(11-19-22-16)23-7-1-2-8-23/h3-4,9-11,20H,1-2,5-8H2,(H,18,22)(H,21,24). The van der Waals surface area contributed by atoms with E-state index in [0.29, 0.717) is 23.5 Å². The maximum Gasteiger partial charge on any atom is 0.417 e. The van der Waals surface area contributed by atoms with Gasteiger partial charge in [0.05, 0.1) is 22.3 Å². The molecule has 0 unspecified atom stereocenters. The topological polar surface area (TPSA) is 133 Å². The fourth-order valence-electron chi connectivity index (χ4n) is 3.15. The average Bonchev–Trinajstić information content (AvgIpc) is 3.33. The molecular formula is C17H20N6O4S. The van der Waals surface area contributed by atoms with Gasteiger partial charge in [-0.3, -0.25) is 4.98 Å². The third kappa shape index (κ3) is 3.99. The second kappa shape index (κ2) is 7.60. The van der Waals surface area contributed by atoms with Crippen LogP contribution in [0.1, 0.15) is 12.8 Å². The van der Waals surface area contributed by atoms with Crippen molar-refractivity contribution in [3.8, 4) is 0 Å². The number of rotatable bonds is 7. The second-order valence-corrected chi connectivity index (χ2v) is 8.26. The number of hydrogen-bond acceptors (Lipinski definition) is 8. The van der Waals surface area contributed by atoms with Gasteiger partial charge in [0.1, 0.15) is 0 Å². The van der Waals surface area contributed by atoms with E-state index in [1.54, 1.807) is 6.20 Å². The van der Waals surface area contributed by atoms with Crippen LogP contribution in [-0.4, -0.2) is 49.8 Å². The highest BCUT2D eigenvalue weighted by Gasteiger charge is 2.16. The molecule has 0 aliphatic carbocycles. The molecule has 28 heavy (non-hydrogen) atoms. The lowest BCUT2D eigenvalue weighted by Gasteiger charge is -2.17. The smallest absolute Gasteiger partial charge is 0.408 e. The van der Waals surface area contributed by atoms with Gasteiger partial charge < -0.3 is 14.6 Å². The van der Waals surface area contributed by atoms with Crippen LogP contribution in [0.25, 0.3) is 11.1 Å². The number of nitrogens with one attached hydrogen (secondary N) is 3. The van der Waals surface area contributed by atoms with Gasteiger partial charge in [0, 0.05) is 32.2 Å². The molecule has 148 valence electrons. The number of fused-ring (bicyclic) bond motifs is 1. The van der Waals surface area contributed by atoms with Crippen LogP contribution in [-0.2, 0) is 10.0 Å². The third-order valence-corrected chi connectivity index (χ3v) is 5.99. The van der Waals surface area contributed by atoms with Crippen LogP contribution in [0.5, 0.6) is 0 Å². The van der Waals surface area contributed by atoms with E-state index in [1.165, 1.54) is 31.0 Å². The van der Waals surface area contributed by atoms with E-state index in [0.717, 1.165) is 18.8 Å². The first kappa shape index (κ1) is 18.4. The first-order valence-corrected chi connectivity index (χ1v) is 10.4. The van der Waals surface area contributed by atoms with Crippen molar-refractivity contribution >= 4 is 32.6 Å². The number of anilines is 2. The van der Waals surface area contributed by atoms with Crippen molar-refractivity contribution in [2.75, 3.05) is 36.4 Å². The van der Waals surface area contributed by atoms with E-state index in [9.17, 15) is 13.2 Å². The quantitative estimate of drug-likeness (QED) is 0.495. The summed E-state index contributed by atoms with van der Waals surface area (Å²) >= 11 is 0. The van der Waals surface area contributed by atoms with Crippen molar-refractivity contribution in [3.05, 3.63) is 41.0 Å². The minimum Gasteiger partial charge on any atom is -0.408 e. The molecule has 0 bridgehead atoms. The number of benzene rings is 1. The molecule has 4 rings (SSSR count). The summed E-state index contributed by atoms with van der Waals surface area (Å²) in [7, 11) is -3.72. The molecule has 10 nitrogen and oxygen atoms in total. The Bertz CT molecular complexity index is 1130. The molecule has 3 aromatic rings. The Morgan fingerprint density at radius 1 is 1.18 bits per heavy atom. The summed E-state index contributed by atoms with van der Waals surface area (Å²) in [4.78, 5) is 15.9. The molecule has 1 saturated heterocycles. The van der Waals surface area contributed by atoms with Gasteiger partial charge >= 0.3 is 5.76 Å². The summed E-state index contributed by atoms with van der Waals surface area (Å²) in [5.74, 6) is -0.0278. The molecule has 1 fully saturated rings. The van der Waals surface area contributed by atoms with Crippen molar-refractivity contribution in [2.45, 2.75) is 17.7 Å². The predicted molar refractivity (Wildman–Crippen MR) is 104 cm³/mol. The molecule has 2 aromatic heterocycles. The largest absolute Gasteiger partial charge is 0.417 e. The van der Waals surface area contributed by atoms with Gasteiger partial charge in [0.25, 0.3) is 0 Å². The molecule has 0 amide bonds. The zero-order valence-electron chi connectivity index (χ0n) is 15.0. The Labute approximate surface area is 161 Å². The highest BCUT2D eigenvalue weighted by Crippen LogP contribution is 2.20. The lowest BCUT2D eigenvalue weighted by molar-refractivity contribution is 0.555. The molecule has 1 aliphatic rings. The van der Waals surface area contributed by atoms with Crippen LogP contribution in [0.15, 0.2) is 44.6 Å². The van der Waals surface area contributed by atoms with E-state index >= 15 is 0 Å². The molecule has 11 heteroatoms. The first-order chi connectivity index (χ1) is 13.5. The Hall–Kier alpha value is -2.92. The highest BCUT2D eigenvalue weighted by molar-refractivity contribution is 7.89. The Morgan fingerprint density at radius 2 is 2.00 bits per heavy atom. The normalized spacial score (nSPS) is 14.6. The lowest BCUT2D eigenvalue weighted by Crippen LogP contribution is -2.29.